The lowest BCUT2D eigenvalue weighted by molar-refractivity contribution is 0.215. The Morgan fingerprint density at radius 2 is 2.31 bits per heavy atom. The van der Waals surface area contributed by atoms with Crippen molar-refractivity contribution >= 4 is 11.3 Å². The van der Waals surface area contributed by atoms with Gasteiger partial charge < -0.3 is 9.67 Å². The lowest BCUT2D eigenvalue weighted by Gasteiger charge is -2.07. The van der Waals surface area contributed by atoms with Gasteiger partial charge in [0.25, 0.3) is 0 Å². The Labute approximate surface area is 79.5 Å². The number of aliphatic hydroxyl groups is 1. The predicted octanol–water partition coefficient (Wildman–Crippen LogP) is 0.958. The fourth-order valence-electron chi connectivity index (χ4n) is 1.14. The van der Waals surface area contributed by atoms with Crippen LogP contribution < -0.4 is 0 Å². The molecule has 0 saturated heterocycles. The van der Waals surface area contributed by atoms with Crippen LogP contribution in [0.1, 0.15) is 16.7 Å². The zero-order valence-corrected chi connectivity index (χ0v) is 7.90. The van der Waals surface area contributed by atoms with E-state index in [1.165, 1.54) is 11.3 Å². The van der Waals surface area contributed by atoms with Gasteiger partial charge in [0.1, 0.15) is 6.10 Å². The highest BCUT2D eigenvalue weighted by atomic mass is 32.1. The van der Waals surface area contributed by atoms with Crippen molar-refractivity contribution in [1.29, 1.82) is 0 Å². The minimum absolute atomic E-state index is 0.611. The van der Waals surface area contributed by atoms with Gasteiger partial charge in [0.15, 0.2) is 0 Å². The molecule has 0 radical (unpaired) electrons. The van der Waals surface area contributed by atoms with Crippen LogP contribution in [0, 0.1) is 0 Å². The van der Waals surface area contributed by atoms with Crippen LogP contribution in [0.2, 0.25) is 0 Å². The van der Waals surface area contributed by atoms with Crippen molar-refractivity contribution in [2.45, 2.75) is 6.10 Å². The summed E-state index contributed by atoms with van der Waals surface area (Å²) in [7, 11) is 1.85. The third-order valence-electron chi connectivity index (χ3n) is 1.86. The van der Waals surface area contributed by atoms with Crippen molar-refractivity contribution < 1.29 is 5.11 Å². The summed E-state index contributed by atoms with van der Waals surface area (Å²) in [5.74, 6) is 0. The number of aliphatic hydroxyl groups excluding tert-OH is 1. The van der Waals surface area contributed by atoms with E-state index in [0.29, 0.717) is 0 Å². The van der Waals surface area contributed by atoms with Crippen LogP contribution >= 0.6 is 11.3 Å². The van der Waals surface area contributed by atoms with Crippen molar-refractivity contribution in [2.75, 3.05) is 0 Å². The second kappa shape index (κ2) is 3.27. The first-order valence-electron chi connectivity index (χ1n) is 3.81. The molecule has 4 nitrogen and oxygen atoms in total. The van der Waals surface area contributed by atoms with Gasteiger partial charge in [-0.25, -0.2) is 4.98 Å². The summed E-state index contributed by atoms with van der Waals surface area (Å²) in [4.78, 5) is 8.69. The molecule has 2 rings (SSSR count). The van der Waals surface area contributed by atoms with E-state index in [9.17, 15) is 5.11 Å². The molecule has 0 fully saturated rings. The molecule has 68 valence electrons. The average molecular weight is 195 g/mol. The summed E-state index contributed by atoms with van der Waals surface area (Å²) in [6.07, 6.45) is 4.38. The molecule has 0 spiro atoms. The van der Waals surface area contributed by atoms with Crippen LogP contribution in [0.4, 0.5) is 0 Å². The summed E-state index contributed by atoms with van der Waals surface area (Å²) in [5.41, 5.74) is 2.49. The Morgan fingerprint density at radius 1 is 1.46 bits per heavy atom. The van der Waals surface area contributed by atoms with Crippen LogP contribution in [0.3, 0.4) is 0 Å². The van der Waals surface area contributed by atoms with Crippen molar-refractivity contribution in [3.63, 3.8) is 0 Å². The van der Waals surface area contributed by atoms with Gasteiger partial charge in [0.2, 0.25) is 0 Å². The molecule has 1 unspecified atom stereocenters. The standard InChI is InChI=1S/C8H9N3OS/c1-11-4-9-2-6(11)8(12)7-3-10-5-13-7/h2-5,8,12H,1H3. The van der Waals surface area contributed by atoms with Crippen LogP contribution in [0.25, 0.3) is 0 Å². The summed E-state index contributed by atoms with van der Waals surface area (Å²) < 4.78 is 1.80. The Balaban J connectivity index is 2.33. The average Bonchev–Trinajstić information content (AvgIpc) is 2.72. The SMILES string of the molecule is Cn1cncc1C(O)c1cncs1. The van der Waals surface area contributed by atoms with Crippen molar-refractivity contribution in [2.24, 2.45) is 7.05 Å². The number of aromatic nitrogens is 3. The quantitative estimate of drug-likeness (QED) is 0.776. The summed E-state index contributed by atoms with van der Waals surface area (Å²) in [5, 5.41) is 9.86. The Bertz CT molecular complexity index is 382. The lowest BCUT2D eigenvalue weighted by atomic mass is 10.2. The van der Waals surface area contributed by atoms with Gasteiger partial charge >= 0.3 is 0 Å². The fraction of sp³-hybridized carbons (Fsp3) is 0.250. The van der Waals surface area contributed by atoms with E-state index in [1.54, 1.807) is 28.8 Å². The van der Waals surface area contributed by atoms with Crippen molar-refractivity contribution in [1.82, 2.24) is 14.5 Å². The first-order chi connectivity index (χ1) is 6.29. The number of aryl methyl sites for hydroxylation is 1. The van der Waals surface area contributed by atoms with E-state index in [2.05, 4.69) is 9.97 Å². The molecule has 2 aromatic heterocycles. The molecule has 0 aromatic carbocycles. The van der Waals surface area contributed by atoms with Crippen molar-refractivity contribution in [3.05, 3.63) is 34.8 Å². The van der Waals surface area contributed by atoms with Gasteiger partial charge in [-0.3, -0.25) is 4.98 Å². The maximum atomic E-state index is 9.86. The molecule has 13 heavy (non-hydrogen) atoms. The molecule has 0 amide bonds. The van der Waals surface area contributed by atoms with E-state index in [0.717, 1.165) is 10.6 Å². The van der Waals surface area contributed by atoms with Crippen LogP contribution in [0.15, 0.2) is 24.2 Å². The maximum Gasteiger partial charge on any atom is 0.131 e. The molecule has 1 N–H and O–H groups in total. The van der Waals surface area contributed by atoms with Gasteiger partial charge in [0.05, 0.1) is 28.6 Å². The van der Waals surface area contributed by atoms with Gasteiger partial charge in [-0.1, -0.05) is 0 Å². The van der Waals surface area contributed by atoms with E-state index < -0.39 is 6.10 Å². The Hall–Kier alpha value is -1.20. The first-order valence-corrected chi connectivity index (χ1v) is 4.69. The third-order valence-corrected chi connectivity index (χ3v) is 2.68. The zero-order valence-electron chi connectivity index (χ0n) is 7.08. The fourth-order valence-corrected chi connectivity index (χ4v) is 1.75. The van der Waals surface area contributed by atoms with E-state index in [4.69, 9.17) is 0 Å². The molecular weight excluding hydrogens is 186 g/mol. The highest BCUT2D eigenvalue weighted by Crippen LogP contribution is 2.23. The second-order valence-electron chi connectivity index (χ2n) is 2.74. The zero-order chi connectivity index (χ0) is 9.26. The highest BCUT2D eigenvalue weighted by molar-refractivity contribution is 7.09. The molecule has 0 bridgehead atoms. The third kappa shape index (κ3) is 1.48. The number of nitrogens with zero attached hydrogens (tertiary/aromatic N) is 3. The second-order valence-corrected chi connectivity index (χ2v) is 3.65. The topological polar surface area (TPSA) is 50.9 Å². The number of rotatable bonds is 2. The molecule has 0 saturated carbocycles. The predicted molar refractivity (Wildman–Crippen MR) is 49.4 cm³/mol. The minimum Gasteiger partial charge on any atom is -0.381 e. The van der Waals surface area contributed by atoms with E-state index in [-0.39, 0.29) is 0 Å². The van der Waals surface area contributed by atoms with Crippen LogP contribution in [-0.2, 0) is 7.05 Å². The van der Waals surface area contributed by atoms with Gasteiger partial charge in [-0.15, -0.1) is 11.3 Å². The van der Waals surface area contributed by atoms with Crippen LogP contribution in [0.5, 0.6) is 0 Å². The molecule has 2 heterocycles. The molecule has 5 heteroatoms. The largest absolute Gasteiger partial charge is 0.381 e. The molecule has 0 aliphatic carbocycles. The number of thiazole rings is 1. The monoisotopic (exact) mass is 195 g/mol. The Kier molecular flexibility index (Phi) is 2.12. The van der Waals surface area contributed by atoms with Gasteiger partial charge in [0, 0.05) is 13.2 Å². The van der Waals surface area contributed by atoms with Crippen molar-refractivity contribution in [3.8, 4) is 0 Å². The number of hydrogen-bond acceptors (Lipinski definition) is 4. The molecule has 0 aliphatic heterocycles. The smallest absolute Gasteiger partial charge is 0.131 e. The summed E-state index contributed by atoms with van der Waals surface area (Å²) in [6.45, 7) is 0. The van der Waals surface area contributed by atoms with Gasteiger partial charge in [-0.2, -0.15) is 0 Å². The van der Waals surface area contributed by atoms with Gasteiger partial charge in [-0.05, 0) is 0 Å². The van der Waals surface area contributed by atoms with E-state index in [1.807, 2.05) is 7.05 Å². The normalized spacial score (nSPS) is 13.1. The van der Waals surface area contributed by atoms with Crippen LogP contribution in [-0.4, -0.2) is 19.6 Å². The maximum absolute atomic E-state index is 9.86. The first kappa shape index (κ1) is 8.40. The molecule has 0 aliphatic rings. The summed E-state index contributed by atoms with van der Waals surface area (Å²) >= 11 is 1.44. The Morgan fingerprint density at radius 3 is 2.85 bits per heavy atom. The van der Waals surface area contributed by atoms with E-state index >= 15 is 0 Å². The highest BCUT2D eigenvalue weighted by Gasteiger charge is 2.14. The number of hydrogen-bond donors (Lipinski definition) is 1. The molecule has 2 aromatic rings. The molecule has 1 atom stereocenters. The molecular formula is C8H9N3OS. The summed E-state index contributed by atoms with van der Waals surface area (Å²) in [6, 6.07) is 0. The number of imidazole rings is 1. The minimum atomic E-state index is -0.611. The lowest BCUT2D eigenvalue weighted by Crippen LogP contribution is -2.03.